The minimum absolute atomic E-state index is 0.0815. The summed E-state index contributed by atoms with van der Waals surface area (Å²) in [6, 6.07) is 5.61. The molecule has 1 N–H and O–H groups in total. The van der Waals surface area contributed by atoms with Gasteiger partial charge in [-0.05, 0) is 49.1 Å². The highest BCUT2D eigenvalue weighted by Crippen LogP contribution is 2.42. The molecule has 1 aromatic carbocycles. The predicted octanol–water partition coefficient (Wildman–Crippen LogP) is 4.22. The van der Waals surface area contributed by atoms with Crippen LogP contribution in [0.5, 0.6) is 0 Å². The van der Waals surface area contributed by atoms with E-state index in [1.54, 1.807) is 22.2 Å². The molecule has 0 aliphatic carbocycles. The Kier molecular flexibility index (Phi) is 4.36. The fraction of sp³-hybridized carbons (Fsp3) is 0.292. The normalized spacial score (nSPS) is 17.7. The van der Waals surface area contributed by atoms with Crippen molar-refractivity contribution in [1.82, 2.24) is 14.5 Å². The second-order valence-electron chi connectivity index (χ2n) is 8.45. The SMILES string of the molecule is Cc1cc(C)c2c(CN3C(=O)N4C(=CCC4CC(=O)O)c4cnccc43)cn(C)c2c1. The summed E-state index contributed by atoms with van der Waals surface area (Å²) >= 11 is 0. The lowest BCUT2D eigenvalue weighted by Crippen LogP contribution is -2.48. The first-order valence-electron chi connectivity index (χ1n) is 10.4. The van der Waals surface area contributed by atoms with Gasteiger partial charge in [0.15, 0.2) is 0 Å². The van der Waals surface area contributed by atoms with Crippen LogP contribution in [0.2, 0.25) is 0 Å². The van der Waals surface area contributed by atoms with Crippen molar-refractivity contribution in [2.24, 2.45) is 7.05 Å². The second kappa shape index (κ2) is 6.97. The summed E-state index contributed by atoms with van der Waals surface area (Å²) in [5, 5.41) is 10.5. The minimum Gasteiger partial charge on any atom is -0.481 e. The van der Waals surface area contributed by atoms with Crippen molar-refractivity contribution in [3.05, 3.63) is 65.1 Å². The van der Waals surface area contributed by atoms with E-state index in [1.165, 1.54) is 11.1 Å². The number of carbonyl (C=O) groups excluding carboxylic acids is 1. The number of rotatable bonds is 4. The maximum atomic E-state index is 13.6. The van der Waals surface area contributed by atoms with Crippen LogP contribution < -0.4 is 4.90 Å². The molecule has 1 unspecified atom stereocenters. The average molecular weight is 416 g/mol. The zero-order chi connectivity index (χ0) is 21.9. The highest BCUT2D eigenvalue weighted by atomic mass is 16.4. The maximum absolute atomic E-state index is 13.6. The van der Waals surface area contributed by atoms with E-state index < -0.39 is 5.97 Å². The first-order valence-corrected chi connectivity index (χ1v) is 10.4. The third kappa shape index (κ3) is 3.00. The van der Waals surface area contributed by atoms with E-state index in [4.69, 9.17) is 0 Å². The van der Waals surface area contributed by atoms with Gasteiger partial charge in [-0.25, -0.2) is 4.79 Å². The number of hydrogen-bond donors (Lipinski definition) is 1. The summed E-state index contributed by atoms with van der Waals surface area (Å²) in [5.41, 5.74) is 7.01. The van der Waals surface area contributed by atoms with Crippen LogP contribution in [0.1, 0.15) is 35.1 Å². The third-order valence-electron chi connectivity index (χ3n) is 6.26. The van der Waals surface area contributed by atoms with Crippen molar-refractivity contribution < 1.29 is 14.7 Å². The number of aliphatic carboxylic acids is 1. The number of carbonyl (C=O) groups is 2. The van der Waals surface area contributed by atoms with Crippen LogP contribution >= 0.6 is 0 Å². The van der Waals surface area contributed by atoms with Crippen LogP contribution in [0, 0.1) is 13.8 Å². The van der Waals surface area contributed by atoms with Gasteiger partial charge in [0.1, 0.15) is 0 Å². The van der Waals surface area contributed by atoms with Gasteiger partial charge >= 0.3 is 12.0 Å². The summed E-state index contributed by atoms with van der Waals surface area (Å²) in [6.45, 7) is 4.58. The van der Waals surface area contributed by atoms with Crippen molar-refractivity contribution in [2.75, 3.05) is 4.90 Å². The molecule has 1 atom stereocenters. The molecule has 2 amide bonds. The molecule has 0 spiro atoms. The minimum atomic E-state index is -0.906. The molecular weight excluding hydrogens is 392 g/mol. The van der Waals surface area contributed by atoms with Gasteiger partial charge in [0.25, 0.3) is 0 Å². The molecular formula is C24H24N4O3. The van der Waals surface area contributed by atoms with E-state index in [0.29, 0.717) is 13.0 Å². The number of benzene rings is 1. The highest BCUT2D eigenvalue weighted by Gasteiger charge is 2.41. The van der Waals surface area contributed by atoms with Crippen LogP contribution in [0.15, 0.2) is 42.9 Å². The van der Waals surface area contributed by atoms with Gasteiger partial charge in [0.05, 0.1) is 30.4 Å². The van der Waals surface area contributed by atoms with Gasteiger partial charge < -0.3 is 9.67 Å². The molecule has 31 heavy (non-hydrogen) atoms. The molecule has 3 aromatic rings. The number of urea groups is 1. The van der Waals surface area contributed by atoms with E-state index in [9.17, 15) is 14.7 Å². The quantitative estimate of drug-likeness (QED) is 0.691. The molecule has 0 fully saturated rings. The first kappa shape index (κ1) is 19.4. The Morgan fingerprint density at radius 1 is 1.29 bits per heavy atom. The fourth-order valence-corrected chi connectivity index (χ4v) is 5.03. The van der Waals surface area contributed by atoms with Crippen molar-refractivity contribution in [3.8, 4) is 0 Å². The molecule has 2 aliphatic heterocycles. The Bertz CT molecular complexity index is 1270. The number of aryl methyl sites for hydroxylation is 3. The number of fused-ring (bicyclic) bond motifs is 4. The van der Waals surface area contributed by atoms with Gasteiger partial charge in [-0.1, -0.05) is 12.1 Å². The molecule has 7 nitrogen and oxygen atoms in total. The van der Waals surface area contributed by atoms with Crippen molar-refractivity contribution in [3.63, 3.8) is 0 Å². The number of amides is 2. The average Bonchev–Trinajstić information content (AvgIpc) is 3.26. The summed E-state index contributed by atoms with van der Waals surface area (Å²) in [4.78, 5) is 32.7. The lowest BCUT2D eigenvalue weighted by Gasteiger charge is -2.39. The lowest BCUT2D eigenvalue weighted by atomic mass is 10.0. The molecule has 0 saturated carbocycles. The Labute approximate surface area is 180 Å². The topological polar surface area (TPSA) is 78.7 Å². The van der Waals surface area contributed by atoms with Gasteiger partial charge in [0.2, 0.25) is 0 Å². The second-order valence-corrected chi connectivity index (χ2v) is 8.45. The molecule has 5 rings (SSSR count). The number of nitrogens with zero attached hydrogens (tertiary/aromatic N) is 4. The van der Waals surface area contributed by atoms with Gasteiger partial charge in [-0.2, -0.15) is 0 Å². The van der Waals surface area contributed by atoms with Crippen molar-refractivity contribution >= 4 is 34.3 Å². The standard InChI is InChI=1S/C24H24N4O3/c1-14-8-15(2)23-16(12-26(3)21(23)9-14)13-27-19-6-7-25-11-18(19)20-5-4-17(10-22(29)30)28(20)24(27)31/h5-9,11-12,17H,4,10,13H2,1-3H3,(H,29,30). The lowest BCUT2D eigenvalue weighted by molar-refractivity contribution is -0.137. The monoisotopic (exact) mass is 416 g/mol. The number of pyridine rings is 1. The summed E-state index contributed by atoms with van der Waals surface area (Å²) in [6.07, 6.45) is 7.93. The number of hydrogen-bond acceptors (Lipinski definition) is 3. The highest BCUT2D eigenvalue weighted by molar-refractivity contribution is 6.06. The van der Waals surface area contributed by atoms with Gasteiger partial charge in [0, 0.05) is 42.1 Å². The van der Waals surface area contributed by atoms with Gasteiger partial charge in [-0.15, -0.1) is 0 Å². The smallest absolute Gasteiger partial charge is 0.329 e. The van der Waals surface area contributed by atoms with Crippen LogP contribution in [-0.2, 0) is 18.4 Å². The van der Waals surface area contributed by atoms with E-state index in [-0.39, 0.29) is 18.5 Å². The summed E-state index contributed by atoms with van der Waals surface area (Å²) in [5.74, 6) is -0.906. The first-order chi connectivity index (χ1) is 14.8. The third-order valence-corrected chi connectivity index (χ3v) is 6.26. The summed E-state index contributed by atoms with van der Waals surface area (Å²) < 4.78 is 2.10. The fourth-order valence-electron chi connectivity index (χ4n) is 5.03. The maximum Gasteiger partial charge on any atom is 0.329 e. The van der Waals surface area contributed by atoms with Gasteiger partial charge in [-0.3, -0.25) is 19.6 Å². The van der Waals surface area contributed by atoms with E-state index in [2.05, 4.69) is 41.7 Å². The predicted molar refractivity (Wildman–Crippen MR) is 119 cm³/mol. The Morgan fingerprint density at radius 3 is 2.87 bits per heavy atom. The van der Waals surface area contributed by atoms with Crippen molar-refractivity contribution in [1.29, 1.82) is 0 Å². The molecule has 0 saturated heterocycles. The Balaban J connectivity index is 1.61. The molecule has 2 aromatic heterocycles. The van der Waals surface area contributed by atoms with E-state index >= 15 is 0 Å². The Morgan fingerprint density at radius 2 is 2.10 bits per heavy atom. The van der Waals surface area contributed by atoms with Crippen molar-refractivity contribution in [2.45, 2.75) is 39.3 Å². The van der Waals surface area contributed by atoms with Crippen LogP contribution in [0.4, 0.5) is 10.5 Å². The molecule has 0 radical (unpaired) electrons. The molecule has 7 heteroatoms. The molecule has 158 valence electrons. The number of aromatic nitrogens is 2. The van der Waals surface area contributed by atoms with E-state index in [1.807, 2.05) is 19.2 Å². The zero-order valence-corrected chi connectivity index (χ0v) is 17.8. The number of carboxylic acid groups (broad SMARTS) is 1. The van der Waals surface area contributed by atoms with Crippen LogP contribution in [-0.4, -0.2) is 37.6 Å². The van der Waals surface area contributed by atoms with Crippen LogP contribution in [0.3, 0.4) is 0 Å². The van der Waals surface area contributed by atoms with E-state index in [0.717, 1.165) is 33.4 Å². The number of carboxylic acids is 1. The summed E-state index contributed by atoms with van der Waals surface area (Å²) in [7, 11) is 2.02. The molecule has 2 aliphatic rings. The van der Waals surface area contributed by atoms with Crippen LogP contribution in [0.25, 0.3) is 16.6 Å². The largest absolute Gasteiger partial charge is 0.481 e. The molecule has 0 bridgehead atoms. The zero-order valence-electron chi connectivity index (χ0n) is 17.8. The number of anilines is 1. The molecule has 4 heterocycles. The Hall–Kier alpha value is -3.61.